The van der Waals surface area contributed by atoms with Crippen LogP contribution in [0.1, 0.15) is 18.6 Å². The molecule has 1 N–H and O–H groups in total. The Morgan fingerprint density at radius 1 is 1.12 bits per heavy atom. The standard InChI is InChI=1S/C6H9N.CH4/c1-5-3-7-4-6(5)2;/h3-4,7H,1-2H3;1H4. The molecule has 0 fully saturated rings. The maximum Gasteiger partial charge on any atom is 0.00372 e. The highest BCUT2D eigenvalue weighted by atomic mass is 14.6. The Morgan fingerprint density at radius 2 is 1.50 bits per heavy atom. The lowest BCUT2D eigenvalue weighted by Gasteiger charge is -1.79. The summed E-state index contributed by atoms with van der Waals surface area (Å²) in [6.07, 6.45) is 3.99. The van der Waals surface area contributed by atoms with Crippen LogP contribution in [0.2, 0.25) is 0 Å². The van der Waals surface area contributed by atoms with Crippen LogP contribution in [-0.2, 0) is 0 Å². The van der Waals surface area contributed by atoms with Gasteiger partial charge < -0.3 is 4.98 Å². The van der Waals surface area contributed by atoms with E-state index in [2.05, 4.69) is 18.8 Å². The van der Waals surface area contributed by atoms with E-state index >= 15 is 0 Å². The molecule has 0 aliphatic heterocycles. The SMILES string of the molecule is C.Cc1c[nH]cc1C. The van der Waals surface area contributed by atoms with Crippen molar-refractivity contribution in [3.63, 3.8) is 0 Å². The van der Waals surface area contributed by atoms with Crippen LogP contribution >= 0.6 is 0 Å². The van der Waals surface area contributed by atoms with Crippen LogP contribution in [0.3, 0.4) is 0 Å². The van der Waals surface area contributed by atoms with Gasteiger partial charge >= 0.3 is 0 Å². The van der Waals surface area contributed by atoms with E-state index in [0.29, 0.717) is 0 Å². The molecule has 0 radical (unpaired) electrons. The maximum absolute atomic E-state index is 3.00. The van der Waals surface area contributed by atoms with Gasteiger partial charge in [0.2, 0.25) is 0 Å². The van der Waals surface area contributed by atoms with E-state index in [9.17, 15) is 0 Å². The molecule has 1 nitrogen and oxygen atoms in total. The number of H-pyrrole nitrogens is 1. The van der Waals surface area contributed by atoms with Crippen molar-refractivity contribution in [1.82, 2.24) is 4.98 Å². The molecule has 0 spiro atoms. The molecule has 0 atom stereocenters. The highest BCUT2D eigenvalue weighted by Crippen LogP contribution is 2.00. The van der Waals surface area contributed by atoms with Crippen LogP contribution in [0.15, 0.2) is 12.4 Å². The van der Waals surface area contributed by atoms with Crippen molar-refractivity contribution in [2.24, 2.45) is 0 Å². The van der Waals surface area contributed by atoms with Gasteiger partial charge in [-0.1, -0.05) is 7.43 Å². The minimum Gasteiger partial charge on any atom is -0.367 e. The summed E-state index contributed by atoms with van der Waals surface area (Å²) in [7, 11) is 0. The molecule has 1 rings (SSSR count). The van der Waals surface area contributed by atoms with Crippen molar-refractivity contribution >= 4 is 0 Å². The lowest BCUT2D eigenvalue weighted by molar-refractivity contribution is 1.39. The number of hydrogen-bond donors (Lipinski definition) is 1. The second-order valence-corrected chi connectivity index (χ2v) is 1.82. The van der Waals surface area contributed by atoms with Crippen LogP contribution in [0.4, 0.5) is 0 Å². The lowest BCUT2D eigenvalue weighted by atomic mass is 10.2. The quantitative estimate of drug-likeness (QED) is 0.528. The second kappa shape index (κ2) is 2.55. The van der Waals surface area contributed by atoms with Crippen molar-refractivity contribution in [2.45, 2.75) is 21.3 Å². The molecular formula is C7H13N. The Kier molecular flexibility index (Phi) is 2.32. The maximum atomic E-state index is 3.00. The van der Waals surface area contributed by atoms with E-state index in [-0.39, 0.29) is 7.43 Å². The highest BCUT2D eigenvalue weighted by molar-refractivity contribution is 5.18. The molecule has 8 heavy (non-hydrogen) atoms. The van der Waals surface area contributed by atoms with Gasteiger partial charge in [0.15, 0.2) is 0 Å². The van der Waals surface area contributed by atoms with Gasteiger partial charge in [0, 0.05) is 12.4 Å². The number of nitrogens with one attached hydrogen (secondary N) is 1. The van der Waals surface area contributed by atoms with Crippen LogP contribution in [0.25, 0.3) is 0 Å². The summed E-state index contributed by atoms with van der Waals surface area (Å²) < 4.78 is 0. The topological polar surface area (TPSA) is 15.8 Å². The van der Waals surface area contributed by atoms with Gasteiger partial charge in [-0.15, -0.1) is 0 Å². The molecular weight excluding hydrogens is 98.1 g/mol. The fourth-order valence-corrected chi connectivity index (χ4v) is 0.519. The second-order valence-electron chi connectivity index (χ2n) is 1.82. The number of aryl methyl sites for hydroxylation is 2. The number of rotatable bonds is 0. The summed E-state index contributed by atoms with van der Waals surface area (Å²) in [5.41, 5.74) is 2.67. The molecule has 0 unspecified atom stereocenters. The third-order valence-electron chi connectivity index (χ3n) is 1.22. The average Bonchev–Trinajstić information content (AvgIpc) is 1.91. The first-order valence-electron chi connectivity index (χ1n) is 2.40. The third-order valence-corrected chi connectivity index (χ3v) is 1.22. The fraction of sp³-hybridized carbons (Fsp3) is 0.429. The molecule has 46 valence electrons. The molecule has 1 heterocycles. The third kappa shape index (κ3) is 1.12. The molecule has 1 heteroatoms. The van der Waals surface area contributed by atoms with E-state index in [1.807, 2.05) is 12.4 Å². The van der Waals surface area contributed by atoms with Gasteiger partial charge in [0.05, 0.1) is 0 Å². The van der Waals surface area contributed by atoms with Gasteiger partial charge in [-0.2, -0.15) is 0 Å². The molecule has 1 aromatic rings. The largest absolute Gasteiger partial charge is 0.367 e. The Labute approximate surface area is 50.7 Å². The minimum absolute atomic E-state index is 0. The van der Waals surface area contributed by atoms with E-state index in [4.69, 9.17) is 0 Å². The Morgan fingerprint density at radius 3 is 1.62 bits per heavy atom. The van der Waals surface area contributed by atoms with Crippen LogP contribution < -0.4 is 0 Å². The predicted molar refractivity (Wildman–Crippen MR) is 37.0 cm³/mol. The Bertz CT molecular complexity index is 137. The smallest absolute Gasteiger partial charge is 0.00372 e. The molecule has 1 aromatic heterocycles. The number of aromatic amines is 1. The predicted octanol–water partition coefficient (Wildman–Crippen LogP) is 2.27. The first-order chi connectivity index (χ1) is 3.30. The Hall–Kier alpha value is -0.720. The van der Waals surface area contributed by atoms with Gasteiger partial charge in [-0.25, -0.2) is 0 Å². The first-order valence-corrected chi connectivity index (χ1v) is 2.40. The molecule has 0 aromatic carbocycles. The summed E-state index contributed by atoms with van der Waals surface area (Å²) >= 11 is 0. The average molecular weight is 111 g/mol. The molecule has 0 saturated carbocycles. The van der Waals surface area contributed by atoms with E-state index in [1.165, 1.54) is 11.1 Å². The summed E-state index contributed by atoms with van der Waals surface area (Å²) in [4.78, 5) is 3.00. The van der Waals surface area contributed by atoms with Crippen molar-refractivity contribution in [3.05, 3.63) is 23.5 Å². The van der Waals surface area contributed by atoms with Crippen molar-refractivity contribution in [3.8, 4) is 0 Å². The van der Waals surface area contributed by atoms with Crippen molar-refractivity contribution in [1.29, 1.82) is 0 Å². The summed E-state index contributed by atoms with van der Waals surface area (Å²) in [5, 5.41) is 0. The normalized spacial score (nSPS) is 8.25. The van der Waals surface area contributed by atoms with Crippen molar-refractivity contribution in [2.75, 3.05) is 0 Å². The van der Waals surface area contributed by atoms with Crippen LogP contribution in [0.5, 0.6) is 0 Å². The zero-order valence-electron chi connectivity index (χ0n) is 4.65. The lowest BCUT2D eigenvalue weighted by Crippen LogP contribution is -1.63. The van der Waals surface area contributed by atoms with Gasteiger partial charge in [0.1, 0.15) is 0 Å². The van der Waals surface area contributed by atoms with E-state index in [1.54, 1.807) is 0 Å². The summed E-state index contributed by atoms with van der Waals surface area (Å²) in [6, 6.07) is 0. The summed E-state index contributed by atoms with van der Waals surface area (Å²) in [5.74, 6) is 0. The van der Waals surface area contributed by atoms with E-state index < -0.39 is 0 Å². The fourth-order valence-electron chi connectivity index (χ4n) is 0.519. The van der Waals surface area contributed by atoms with Gasteiger partial charge in [-0.05, 0) is 25.0 Å². The first kappa shape index (κ1) is 7.28. The van der Waals surface area contributed by atoms with Crippen LogP contribution in [0, 0.1) is 13.8 Å². The van der Waals surface area contributed by atoms with Crippen molar-refractivity contribution < 1.29 is 0 Å². The van der Waals surface area contributed by atoms with Gasteiger partial charge in [0.25, 0.3) is 0 Å². The Balaban J connectivity index is 0.000000490. The highest BCUT2D eigenvalue weighted by Gasteiger charge is 1.85. The molecule has 0 aliphatic carbocycles. The van der Waals surface area contributed by atoms with E-state index in [0.717, 1.165) is 0 Å². The zero-order chi connectivity index (χ0) is 5.28. The minimum atomic E-state index is 0. The molecule has 0 saturated heterocycles. The molecule has 0 amide bonds. The zero-order valence-corrected chi connectivity index (χ0v) is 4.65. The molecule has 0 bridgehead atoms. The monoisotopic (exact) mass is 111 g/mol. The summed E-state index contributed by atoms with van der Waals surface area (Å²) in [6.45, 7) is 4.18. The van der Waals surface area contributed by atoms with Crippen LogP contribution in [-0.4, -0.2) is 4.98 Å². The molecule has 0 aliphatic rings. The van der Waals surface area contributed by atoms with Gasteiger partial charge in [-0.3, -0.25) is 0 Å². The number of aromatic nitrogens is 1. The number of hydrogen-bond acceptors (Lipinski definition) is 0.